The molecule has 184 valence electrons. The van der Waals surface area contributed by atoms with Crippen molar-refractivity contribution < 1.29 is 23.6 Å². The first-order valence-electron chi connectivity index (χ1n) is 11.6. The first-order valence-corrected chi connectivity index (χ1v) is 11.6. The Hall–Kier alpha value is -4.44. The summed E-state index contributed by atoms with van der Waals surface area (Å²) in [5.74, 6) is -1.00. The maximum atomic E-state index is 13.7. The largest absolute Gasteiger partial charge is 0.459 e. The molecule has 2 aliphatic rings. The van der Waals surface area contributed by atoms with Crippen LogP contribution in [0.2, 0.25) is 0 Å². The lowest BCUT2D eigenvalue weighted by atomic mass is 9.83. The summed E-state index contributed by atoms with van der Waals surface area (Å²) < 4.78 is 5.17. The van der Waals surface area contributed by atoms with E-state index in [0.717, 1.165) is 5.01 Å². The van der Waals surface area contributed by atoms with Gasteiger partial charge in [-0.15, -0.1) is 0 Å². The molecule has 2 aromatic carbocycles. The number of hydrogen-bond donors (Lipinski definition) is 2. The van der Waals surface area contributed by atoms with Crippen LogP contribution in [0.4, 0.5) is 4.79 Å². The van der Waals surface area contributed by atoms with Crippen LogP contribution in [-0.2, 0) is 15.1 Å². The van der Waals surface area contributed by atoms with Crippen LogP contribution in [0.5, 0.6) is 0 Å². The normalized spacial score (nSPS) is 17.7. The number of urea groups is 1. The van der Waals surface area contributed by atoms with Crippen LogP contribution in [0.15, 0.2) is 83.5 Å². The van der Waals surface area contributed by atoms with E-state index in [9.17, 15) is 19.2 Å². The van der Waals surface area contributed by atoms with E-state index in [-0.39, 0.29) is 18.2 Å². The number of nitrogens with one attached hydrogen (secondary N) is 2. The molecule has 0 radical (unpaired) electrons. The van der Waals surface area contributed by atoms with E-state index in [1.165, 1.54) is 6.26 Å². The Morgan fingerprint density at radius 2 is 1.47 bits per heavy atom. The molecule has 3 aromatic rings. The van der Waals surface area contributed by atoms with Crippen molar-refractivity contribution in [2.45, 2.75) is 5.54 Å². The molecule has 0 bridgehead atoms. The third-order valence-electron chi connectivity index (χ3n) is 6.43. The molecule has 0 spiro atoms. The second-order valence-corrected chi connectivity index (χ2v) is 8.63. The zero-order chi connectivity index (χ0) is 25.1. The number of rotatable bonds is 6. The Kier molecular flexibility index (Phi) is 6.26. The number of carbonyl (C=O) groups excluding carboxylic acids is 4. The van der Waals surface area contributed by atoms with Gasteiger partial charge in [0.1, 0.15) is 0 Å². The van der Waals surface area contributed by atoms with Crippen LogP contribution in [0.3, 0.4) is 0 Å². The first kappa shape index (κ1) is 23.3. The molecular weight excluding hydrogens is 462 g/mol. The molecule has 2 aliphatic heterocycles. The highest BCUT2D eigenvalue weighted by molar-refractivity contribution is 6.10. The fraction of sp³-hybridized carbons (Fsp3) is 0.231. The monoisotopic (exact) mass is 487 g/mol. The lowest BCUT2D eigenvalue weighted by Crippen LogP contribution is -2.54. The van der Waals surface area contributed by atoms with E-state index in [0.29, 0.717) is 37.3 Å². The topological polar surface area (TPSA) is 115 Å². The van der Waals surface area contributed by atoms with Gasteiger partial charge in [0.25, 0.3) is 17.7 Å². The lowest BCUT2D eigenvalue weighted by Gasteiger charge is -2.34. The summed E-state index contributed by atoms with van der Waals surface area (Å²) in [5.41, 5.74) is 2.19. The Balaban J connectivity index is 1.25. The molecule has 2 saturated heterocycles. The summed E-state index contributed by atoms with van der Waals surface area (Å²) in [6.07, 6.45) is 1.45. The van der Waals surface area contributed by atoms with Crippen LogP contribution >= 0.6 is 0 Å². The highest BCUT2D eigenvalue weighted by atomic mass is 16.3. The quantitative estimate of drug-likeness (QED) is 0.510. The Bertz CT molecular complexity index is 1210. The number of piperazine rings is 1. The fourth-order valence-electron chi connectivity index (χ4n) is 4.59. The predicted molar refractivity (Wildman–Crippen MR) is 128 cm³/mol. The Morgan fingerprint density at radius 1 is 0.861 bits per heavy atom. The van der Waals surface area contributed by atoms with Crippen molar-refractivity contribution >= 4 is 23.8 Å². The van der Waals surface area contributed by atoms with Crippen LogP contribution in [-0.4, -0.2) is 71.3 Å². The minimum absolute atomic E-state index is 0.0243. The third kappa shape index (κ3) is 4.22. The first-order chi connectivity index (χ1) is 17.5. The molecule has 5 rings (SSSR count). The second kappa shape index (κ2) is 9.67. The van der Waals surface area contributed by atoms with Crippen molar-refractivity contribution in [3.8, 4) is 0 Å². The number of furan rings is 1. The number of benzene rings is 2. The highest BCUT2D eigenvalue weighted by Gasteiger charge is 2.54. The van der Waals surface area contributed by atoms with Gasteiger partial charge in [-0.25, -0.2) is 4.79 Å². The molecule has 0 saturated carbocycles. The summed E-state index contributed by atoms with van der Waals surface area (Å²) in [6, 6.07) is 20.4. The maximum absolute atomic E-state index is 13.7. The van der Waals surface area contributed by atoms with Crippen molar-refractivity contribution in [2.24, 2.45) is 0 Å². The van der Waals surface area contributed by atoms with Crippen LogP contribution in [0.1, 0.15) is 21.7 Å². The summed E-state index contributed by atoms with van der Waals surface area (Å²) in [7, 11) is 0. The fourth-order valence-corrected chi connectivity index (χ4v) is 4.59. The van der Waals surface area contributed by atoms with E-state index >= 15 is 0 Å². The van der Waals surface area contributed by atoms with Gasteiger partial charge in [-0.2, -0.15) is 5.01 Å². The average Bonchev–Trinajstić information content (AvgIpc) is 3.53. The molecule has 36 heavy (non-hydrogen) atoms. The highest BCUT2D eigenvalue weighted by Crippen LogP contribution is 2.35. The number of imide groups is 1. The van der Waals surface area contributed by atoms with Crippen LogP contribution in [0.25, 0.3) is 0 Å². The minimum atomic E-state index is -1.45. The number of carbonyl (C=O) groups is 4. The molecule has 2 fully saturated rings. The summed E-state index contributed by atoms with van der Waals surface area (Å²) in [4.78, 5) is 55.4. The van der Waals surface area contributed by atoms with Gasteiger partial charge in [0, 0.05) is 26.2 Å². The zero-order valence-corrected chi connectivity index (χ0v) is 19.4. The molecule has 2 N–H and O–H groups in total. The van der Waals surface area contributed by atoms with Crippen molar-refractivity contribution in [1.29, 1.82) is 0 Å². The number of hydrazine groups is 1. The van der Waals surface area contributed by atoms with E-state index < -0.39 is 23.4 Å². The molecule has 3 heterocycles. The van der Waals surface area contributed by atoms with Crippen molar-refractivity contribution in [3.05, 3.63) is 95.9 Å². The summed E-state index contributed by atoms with van der Waals surface area (Å²) in [6.45, 7) is 1.78. The van der Waals surface area contributed by atoms with Gasteiger partial charge in [0.05, 0.1) is 12.8 Å². The average molecular weight is 488 g/mol. The molecular formula is C26H25N5O5. The molecule has 0 atom stereocenters. The molecule has 10 nitrogen and oxygen atoms in total. The molecule has 5 amide bonds. The van der Waals surface area contributed by atoms with Crippen LogP contribution < -0.4 is 10.7 Å². The summed E-state index contributed by atoms with van der Waals surface area (Å²) in [5, 5.41) is 3.55. The van der Waals surface area contributed by atoms with Gasteiger partial charge >= 0.3 is 6.03 Å². The van der Waals surface area contributed by atoms with Crippen LogP contribution in [0, 0.1) is 0 Å². The maximum Gasteiger partial charge on any atom is 0.344 e. The second-order valence-electron chi connectivity index (χ2n) is 8.63. The van der Waals surface area contributed by atoms with E-state index in [1.807, 2.05) is 17.0 Å². The van der Waals surface area contributed by atoms with Crippen molar-refractivity contribution in [1.82, 2.24) is 25.6 Å². The van der Waals surface area contributed by atoms with Gasteiger partial charge in [0.2, 0.25) is 0 Å². The standard InChI is InChI=1S/C26H25N5O5/c32-22(18-29-13-15-30(16-14-29)23(33)21-12-7-17-36-21)28-31-24(34)26(27-25(31)35,19-8-3-1-4-9-19)20-10-5-2-6-11-20/h1-12,17H,13-16,18H2,(H,27,35)(H,28,32). The minimum Gasteiger partial charge on any atom is -0.459 e. The Labute approximate surface area is 207 Å². The molecule has 10 heteroatoms. The van der Waals surface area contributed by atoms with E-state index in [4.69, 9.17) is 4.42 Å². The number of nitrogens with zero attached hydrogens (tertiary/aromatic N) is 3. The van der Waals surface area contributed by atoms with Gasteiger partial charge in [0.15, 0.2) is 11.3 Å². The van der Waals surface area contributed by atoms with Gasteiger partial charge < -0.3 is 14.6 Å². The third-order valence-corrected chi connectivity index (χ3v) is 6.43. The molecule has 0 aliphatic carbocycles. The number of hydrogen-bond acceptors (Lipinski definition) is 6. The van der Waals surface area contributed by atoms with E-state index in [2.05, 4.69) is 10.7 Å². The van der Waals surface area contributed by atoms with E-state index in [1.54, 1.807) is 65.6 Å². The van der Waals surface area contributed by atoms with Gasteiger partial charge in [-0.05, 0) is 23.3 Å². The van der Waals surface area contributed by atoms with Gasteiger partial charge in [-0.3, -0.25) is 24.7 Å². The van der Waals surface area contributed by atoms with Gasteiger partial charge in [-0.1, -0.05) is 60.7 Å². The smallest absolute Gasteiger partial charge is 0.344 e. The Morgan fingerprint density at radius 3 is 2.03 bits per heavy atom. The van der Waals surface area contributed by atoms with Crippen molar-refractivity contribution in [3.63, 3.8) is 0 Å². The predicted octanol–water partition coefficient (Wildman–Crippen LogP) is 1.56. The molecule has 0 unspecified atom stereocenters. The number of amides is 5. The SMILES string of the molecule is O=C(CN1CCN(C(=O)c2ccco2)CC1)NN1C(=O)NC(c2ccccc2)(c2ccccc2)C1=O. The summed E-state index contributed by atoms with van der Waals surface area (Å²) >= 11 is 0. The van der Waals surface area contributed by atoms with Crippen molar-refractivity contribution in [2.75, 3.05) is 32.7 Å². The lowest BCUT2D eigenvalue weighted by molar-refractivity contribution is -0.139. The zero-order valence-electron chi connectivity index (χ0n) is 19.4. The molecule has 1 aromatic heterocycles.